The lowest BCUT2D eigenvalue weighted by Crippen LogP contribution is -1.78. The fourth-order valence-corrected chi connectivity index (χ4v) is 1.34. The van der Waals surface area contributed by atoms with Crippen LogP contribution >= 0.6 is 15.9 Å². The number of nitrogens with zero attached hydrogens (tertiary/aromatic N) is 1. The molecular weight excluding hydrogens is 238 g/mol. The van der Waals surface area contributed by atoms with Crippen molar-refractivity contribution in [2.24, 2.45) is 4.99 Å². The highest BCUT2D eigenvalue weighted by Gasteiger charge is 1.87. The van der Waals surface area contributed by atoms with E-state index in [1.54, 1.807) is 6.20 Å². The monoisotopic (exact) mass is 249 g/mol. The number of halogens is 1. The quantitative estimate of drug-likeness (QED) is 0.568. The predicted molar refractivity (Wildman–Crippen MR) is 65.7 cm³/mol. The Hall–Kier alpha value is -1.15. The summed E-state index contributed by atoms with van der Waals surface area (Å²) < 4.78 is 1.07. The molecule has 0 spiro atoms. The molecular formula is C12H12BrN. The summed E-state index contributed by atoms with van der Waals surface area (Å²) in [5.41, 5.74) is 1.09. The average molecular weight is 250 g/mol. The Bertz CT molecular complexity index is 364. The van der Waals surface area contributed by atoms with Crippen molar-refractivity contribution in [1.29, 1.82) is 0 Å². The number of aliphatic imine (C=N–C) groups is 1. The highest BCUT2D eigenvalue weighted by molar-refractivity contribution is 9.10. The molecule has 0 atom stereocenters. The molecule has 0 aliphatic carbocycles. The molecule has 72 valence electrons. The molecule has 14 heavy (non-hydrogen) atoms. The molecule has 1 aromatic rings. The van der Waals surface area contributed by atoms with Gasteiger partial charge in [-0.2, -0.15) is 0 Å². The first-order valence-electron chi connectivity index (χ1n) is 4.39. The summed E-state index contributed by atoms with van der Waals surface area (Å²) in [5, 5.41) is 0. The molecule has 1 nitrogen and oxygen atoms in total. The molecule has 2 heteroatoms. The zero-order valence-corrected chi connectivity index (χ0v) is 9.61. The van der Waals surface area contributed by atoms with E-state index in [1.807, 2.05) is 55.6 Å². The maximum atomic E-state index is 4.14. The van der Waals surface area contributed by atoms with E-state index in [0.717, 1.165) is 10.0 Å². The van der Waals surface area contributed by atoms with Crippen molar-refractivity contribution in [3.8, 4) is 0 Å². The van der Waals surface area contributed by atoms with Crippen molar-refractivity contribution in [2.75, 3.05) is 0 Å². The zero-order valence-electron chi connectivity index (χ0n) is 8.02. The topological polar surface area (TPSA) is 12.4 Å². The van der Waals surface area contributed by atoms with Crippen LogP contribution in [0, 0.1) is 0 Å². The van der Waals surface area contributed by atoms with E-state index in [2.05, 4.69) is 20.9 Å². The maximum absolute atomic E-state index is 4.14. The lowest BCUT2D eigenvalue weighted by Gasteiger charge is -1.91. The largest absolute Gasteiger partial charge is 0.264 e. The summed E-state index contributed by atoms with van der Waals surface area (Å²) in [4.78, 5) is 4.14. The molecule has 0 amide bonds. The van der Waals surface area contributed by atoms with Crippen LogP contribution in [0.5, 0.6) is 0 Å². The number of hydrogen-bond donors (Lipinski definition) is 0. The van der Waals surface area contributed by atoms with Gasteiger partial charge in [0.25, 0.3) is 0 Å². The SMILES string of the molecule is C/C=C\C=C/N=Cc1cccc(Br)c1. The second kappa shape index (κ2) is 6.33. The van der Waals surface area contributed by atoms with Crippen molar-refractivity contribution in [2.45, 2.75) is 6.92 Å². The van der Waals surface area contributed by atoms with Crippen LogP contribution < -0.4 is 0 Å². The smallest absolute Gasteiger partial charge is 0.0340 e. The van der Waals surface area contributed by atoms with E-state index >= 15 is 0 Å². The third-order valence-corrected chi connectivity index (χ3v) is 2.04. The summed E-state index contributed by atoms with van der Waals surface area (Å²) in [6.07, 6.45) is 9.39. The van der Waals surface area contributed by atoms with Crippen molar-refractivity contribution in [3.63, 3.8) is 0 Å². The van der Waals surface area contributed by atoms with Crippen LogP contribution in [0.15, 0.2) is 58.2 Å². The second-order valence-corrected chi connectivity index (χ2v) is 3.62. The molecule has 0 aromatic heterocycles. The van der Waals surface area contributed by atoms with Gasteiger partial charge in [-0.3, -0.25) is 4.99 Å². The summed E-state index contributed by atoms with van der Waals surface area (Å²) in [6.45, 7) is 1.97. The van der Waals surface area contributed by atoms with E-state index in [1.165, 1.54) is 0 Å². The molecule has 0 bridgehead atoms. The molecule has 0 N–H and O–H groups in total. The zero-order chi connectivity index (χ0) is 10.2. The molecule has 1 aromatic carbocycles. The predicted octanol–water partition coefficient (Wildman–Crippen LogP) is 3.96. The fourth-order valence-electron chi connectivity index (χ4n) is 0.926. The minimum atomic E-state index is 1.07. The number of benzene rings is 1. The highest BCUT2D eigenvalue weighted by atomic mass is 79.9. The summed E-state index contributed by atoms with van der Waals surface area (Å²) in [6, 6.07) is 8.01. The third-order valence-electron chi connectivity index (χ3n) is 1.55. The van der Waals surface area contributed by atoms with Crippen LogP contribution in [-0.2, 0) is 0 Å². The Morgan fingerprint density at radius 2 is 2.14 bits per heavy atom. The number of rotatable bonds is 3. The normalized spacial score (nSPS) is 12.1. The lowest BCUT2D eigenvalue weighted by atomic mass is 10.2. The van der Waals surface area contributed by atoms with Gasteiger partial charge in [0.05, 0.1) is 0 Å². The van der Waals surface area contributed by atoms with Crippen molar-refractivity contribution in [3.05, 3.63) is 58.7 Å². The van der Waals surface area contributed by atoms with Crippen molar-refractivity contribution in [1.82, 2.24) is 0 Å². The van der Waals surface area contributed by atoms with Crippen LogP contribution in [0.3, 0.4) is 0 Å². The minimum Gasteiger partial charge on any atom is -0.264 e. The molecule has 0 heterocycles. The lowest BCUT2D eigenvalue weighted by molar-refractivity contribution is 1.55. The van der Waals surface area contributed by atoms with E-state index in [0.29, 0.717) is 0 Å². The van der Waals surface area contributed by atoms with Gasteiger partial charge in [0, 0.05) is 16.9 Å². The molecule has 0 saturated carbocycles. The van der Waals surface area contributed by atoms with E-state index in [9.17, 15) is 0 Å². The first kappa shape index (κ1) is 10.9. The van der Waals surface area contributed by atoms with Gasteiger partial charge in [-0.05, 0) is 30.7 Å². The van der Waals surface area contributed by atoms with Crippen molar-refractivity contribution >= 4 is 22.1 Å². The molecule has 0 radical (unpaired) electrons. The average Bonchev–Trinajstić information content (AvgIpc) is 2.18. The first-order chi connectivity index (χ1) is 6.83. The van der Waals surface area contributed by atoms with Crippen LogP contribution in [0.2, 0.25) is 0 Å². The molecule has 0 fully saturated rings. The van der Waals surface area contributed by atoms with Crippen LogP contribution in [0.4, 0.5) is 0 Å². The van der Waals surface area contributed by atoms with Gasteiger partial charge in [0.2, 0.25) is 0 Å². The van der Waals surface area contributed by atoms with Gasteiger partial charge in [0.1, 0.15) is 0 Å². The molecule has 1 rings (SSSR count). The number of allylic oxidation sites excluding steroid dienone is 3. The fraction of sp³-hybridized carbons (Fsp3) is 0.0833. The standard InChI is InChI=1S/C12H12BrN/c1-2-3-4-8-14-10-11-6-5-7-12(13)9-11/h2-10H,1H3/b3-2-,8-4-,14-10?. The Kier molecular flexibility index (Phi) is 4.94. The van der Waals surface area contributed by atoms with Crippen LogP contribution in [-0.4, -0.2) is 6.21 Å². The third kappa shape index (κ3) is 4.19. The minimum absolute atomic E-state index is 1.07. The van der Waals surface area contributed by atoms with Crippen LogP contribution in [0.1, 0.15) is 12.5 Å². The van der Waals surface area contributed by atoms with Gasteiger partial charge in [-0.15, -0.1) is 0 Å². The van der Waals surface area contributed by atoms with Gasteiger partial charge in [-0.1, -0.05) is 40.2 Å². The summed E-state index contributed by atoms with van der Waals surface area (Å²) >= 11 is 3.41. The van der Waals surface area contributed by atoms with E-state index in [4.69, 9.17) is 0 Å². The van der Waals surface area contributed by atoms with Crippen molar-refractivity contribution < 1.29 is 0 Å². The molecule has 0 unspecified atom stereocenters. The Morgan fingerprint density at radius 3 is 2.86 bits per heavy atom. The Balaban J connectivity index is 2.60. The molecule has 0 aliphatic heterocycles. The highest BCUT2D eigenvalue weighted by Crippen LogP contribution is 2.09. The Morgan fingerprint density at radius 1 is 1.29 bits per heavy atom. The van der Waals surface area contributed by atoms with Gasteiger partial charge < -0.3 is 0 Å². The van der Waals surface area contributed by atoms with Crippen LogP contribution in [0.25, 0.3) is 0 Å². The van der Waals surface area contributed by atoms with Gasteiger partial charge in [0.15, 0.2) is 0 Å². The van der Waals surface area contributed by atoms with E-state index in [-0.39, 0.29) is 0 Å². The van der Waals surface area contributed by atoms with E-state index < -0.39 is 0 Å². The summed E-state index contributed by atoms with van der Waals surface area (Å²) in [5.74, 6) is 0. The second-order valence-electron chi connectivity index (χ2n) is 2.70. The Labute approximate surface area is 93.0 Å². The van der Waals surface area contributed by atoms with Gasteiger partial charge in [-0.25, -0.2) is 0 Å². The first-order valence-corrected chi connectivity index (χ1v) is 5.19. The molecule has 0 aliphatic rings. The molecule has 0 saturated heterocycles. The maximum Gasteiger partial charge on any atom is 0.0340 e. The summed E-state index contributed by atoms with van der Waals surface area (Å²) in [7, 11) is 0. The number of hydrogen-bond acceptors (Lipinski definition) is 1. The van der Waals surface area contributed by atoms with Gasteiger partial charge >= 0.3 is 0 Å².